The van der Waals surface area contributed by atoms with Crippen molar-refractivity contribution in [2.45, 2.75) is 13.0 Å². The van der Waals surface area contributed by atoms with Crippen molar-refractivity contribution in [3.8, 4) is 0 Å². The Hall–Kier alpha value is -3.13. The van der Waals surface area contributed by atoms with Gasteiger partial charge in [-0.2, -0.15) is 0 Å². The predicted molar refractivity (Wildman–Crippen MR) is 104 cm³/mol. The molecule has 0 radical (unpaired) electrons. The summed E-state index contributed by atoms with van der Waals surface area (Å²) in [6, 6.07) is 11.6. The number of carboxylic acids is 1. The summed E-state index contributed by atoms with van der Waals surface area (Å²) >= 11 is 4.25. The first-order valence-corrected chi connectivity index (χ1v) is 8.44. The number of nitrogens with one attached hydrogen (secondary N) is 1. The van der Waals surface area contributed by atoms with E-state index in [-0.39, 0.29) is 17.6 Å². The van der Waals surface area contributed by atoms with Crippen LogP contribution in [-0.2, 0) is 0 Å². The van der Waals surface area contributed by atoms with Crippen molar-refractivity contribution < 1.29 is 19.1 Å². The van der Waals surface area contributed by atoms with Crippen molar-refractivity contribution in [2.75, 3.05) is 4.31 Å². The number of nitrogens with zero attached hydrogens (tertiary/aromatic N) is 2. The van der Waals surface area contributed by atoms with Gasteiger partial charge in [-0.05, 0) is 24.6 Å². The second-order valence-electron chi connectivity index (χ2n) is 5.88. The van der Waals surface area contributed by atoms with Crippen LogP contribution in [-0.4, -0.2) is 22.1 Å². The van der Waals surface area contributed by atoms with E-state index in [4.69, 9.17) is 0 Å². The third-order valence-electron chi connectivity index (χ3n) is 4.11. The molecule has 3 aromatic rings. The van der Waals surface area contributed by atoms with Gasteiger partial charge in [0.2, 0.25) is 0 Å². The summed E-state index contributed by atoms with van der Waals surface area (Å²) in [5.74, 6) is -1.51. The third-order valence-corrected chi connectivity index (χ3v) is 4.50. The molecule has 0 saturated heterocycles. The van der Waals surface area contributed by atoms with Crippen LogP contribution in [0.1, 0.15) is 29.0 Å². The highest BCUT2D eigenvalue weighted by Crippen LogP contribution is 2.29. The summed E-state index contributed by atoms with van der Waals surface area (Å²) in [7, 11) is 0. The summed E-state index contributed by atoms with van der Waals surface area (Å²) in [6.07, 6.45) is 1.29. The van der Waals surface area contributed by atoms with Gasteiger partial charge in [0.15, 0.2) is 5.69 Å². The van der Waals surface area contributed by atoms with Crippen LogP contribution in [0.5, 0.6) is 0 Å². The number of carboxylic acid groups (broad SMARTS) is 1. The maximum absolute atomic E-state index is 13.0. The van der Waals surface area contributed by atoms with Crippen molar-refractivity contribution in [1.82, 2.24) is 10.3 Å². The molecule has 0 fully saturated rings. The van der Waals surface area contributed by atoms with Crippen LogP contribution in [0.15, 0.2) is 54.7 Å². The van der Waals surface area contributed by atoms with Gasteiger partial charge in [-0.3, -0.25) is 0 Å². The number of aromatic nitrogens is 1. The minimum Gasteiger partial charge on any atom is -0.476 e. The summed E-state index contributed by atoms with van der Waals surface area (Å²) < 4.78 is 14.1. The average molecular weight is 385 g/mol. The van der Waals surface area contributed by atoms with E-state index in [2.05, 4.69) is 23.1 Å². The van der Waals surface area contributed by atoms with E-state index in [0.717, 1.165) is 9.87 Å². The van der Waals surface area contributed by atoms with E-state index in [9.17, 15) is 19.1 Å². The lowest BCUT2D eigenvalue weighted by Crippen LogP contribution is -2.36. The molecule has 8 heteroatoms. The number of pyridine rings is 1. The number of amides is 2. The van der Waals surface area contributed by atoms with Gasteiger partial charge in [0.25, 0.3) is 0 Å². The van der Waals surface area contributed by atoms with Gasteiger partial charge in [-0.25, -0.2) is 23.3 Å². The fourth-order valence-electron chi connectivity index (χ4n) is 2.71. The first-order valence-electron chi connectivity index (χ1n) is 8.04. The van der Waals surface area contributed by atoms with Gasteiger partial charge in [-0.1, -0.05) is 49.2 Å². The van der Waals surface area contributed by atoms with Crippen molar-refractivity contribution in [3.63, 3.8) is 0 Å². The minimum atomic E-state index is -1.15. The summed E-state index contributed by atoms with van der Waals surface area (Å²) in [5.41, 5.74) is 0.981. The highest BCUT2D eigenvalue weighted by atomic mass is 32.1. The Bertz CT molecular complexity index is 1010. The molecule has 0 aliphatic heterocycles. The average Bonchev–Trinajstić information content (AvgIpc) is 2.66. The fourth-order valence-corrected chi connectivity index (χ4v) is 2.92. The largest absolute Gasteiger partial charge is 0.476 e. The van der Waals surface area contributed by atoms with Crippen LogP contribution in [0.3, 0.4) is 0 Å². The fraction of sp³-hybridized carbons (Fsp3) is 0.105. The number of anilines is 1. The Morgan fingerprint density at radius 1 is 1.15 bits per heavy atom. The molecule has 0 saturated carbocycles. The van der Waals surface area contributed by atoms with E-state index in [1.807, 2.05) is 0 Å². The highest BCUT2D eigenvalue weighted by molar-refractivity contribution is 7.82. The number of benzene rings is 2. The number of carbonyl (C=O) groups excluding carboxylic acids is 1. The number of carbonyl (C=O) groups is 2. The minimum absolute atomic E-state index is 0.101. The molecule has 1 heterocycles. The molecule has 0 bridgehead atoms. The molecule has 138 valence electrons. The predicted octanol–water partition coefficient (Wildman–Crippen LogP) is 4.19. The molecule has 1 aromatic heterocycles. The molecule has 2 N–H and O–H groups in total. The van der Waals surface area contributed by atoms with E-state index in [0.29, 0.717) is 16.5 Å². The maximum atomic E-state index is 13.0. The molecule has 0 spiro atoms. The van der Waals surface area contributed by atoms with Crippen LogP contribution in [0.2, 0.25) is 0 Å². The van der Waals surface area contributed by atoms with Crippen molar-refractivity contribution in [2.24, 2.45) is 0 Å². The number of fused-ring (bicyclic) bond motifs is 1. The lowest BCUT2D eigenvalue weighted by Gasteiger charge is -2.21. The van der Waals surface area contributed by atoms with Crippen molar-refractivity contribution in [1.29, 1.82) is 0 Å². The van der Waals surface area contributed by atoms with Crippen LogP contribution in [0.4, 0.5) is 14.9 Å². The molecule has 2 amide bonds. The molecule has 1 atom stereocenters. The van der Waals surface area contributed by atoms with E-state index in [1.54, 1.807) is 43.3 Å². The standard InChI is InChI=1S/C19H16FN3O3S/c1-11(12-6-8-13(20)9-7-12)22-19(26)23(27)16-10-21-17(18(24)25)15-5-3-2-4-14(15)16/h2-11,27H,1H3,(H,22,26)(H,24,25). The van der Waals surface area contributed by atoms with Crippen LogP contribution in [0.25, 0.3) is 10.8 Å². The van der Waals surface area contributed by atoms with Crippen molar-refractivity contribution in [3.05, 3.63) is 71.8 Å². The van der Waals surface area contributed by atoms with Gasteiger partial charge in [-0.15, -0.1) is 0 Å². The van der Waals surface area contributed by atoms with E-state index < -0.39 is 12.0 Å². The Morgan fingerprint density at radius 3 is 2.41 bits per heavy atom. The second-order valence-corrected chi connectivity index (χ2v) is 6.28. The smallest absolute Gasteiger partial charge is 0.355 e. The molecule has 6 nitrogen and oxygen atoms in total. The van der Waals surface area contributed by atoms with Crippen LogP contribution >= 0.6 is 12.8 Å². The van der Waals surface area contributed by atoms with E-state index >= 15 is 0 Å². The molecule has 1 unspecified atom stereocenters. The quantitative estimate of drug-likeness (QED) is 0.588. The Morgan fingerprint density at radius 2 is 1.78 bits per heavy atom. The van der Waals surface area contributed by atoms with E-state index in [1.165, 1.54) is 18.3 Å². The zero-order chi connectivity index (χ0) is 19.6. The molecule has 0 aliphatic carbocycles. The zero-order valence-electron chi connectivity index (χ0n) is 14.3. The number of hydrogen-bond donors (Lipinski definition) is 3. The van der Waals surface area contributed by atoms with Crippen LogP contribution < -0.4 is 9.62 Å². The third kappa shape index (κ3) is 3.85. The summed E-state index contributed by atoms with van der Waals surface area (Å²) in [5, 5.41) is 13.0. The zero-order valence-corrected chi connectivity index (χ0v) is 15.2. The normalized spacial score (nSPS) is 11.8. The number of thiol groups is 1. The van der Waals surface area contributed by atoms with Crippen molar-refractivity contribution >= 4 is 41.3 Å². The second kappa shape index (κ2) is 7.63. The Labute approximate surface area is 160 Å². The molecular formula is C19H16FN3O3S. The van der Waals surface area contributed by atoms with Gasteiger partial charge in [0.1, 0.15) is 5.82 Å². The highest BCUT2D eigenvalue weighted by Gasteiger charge is 2.20. The Balaban J connectivity index is 1.88. The number of hydrogen-bond acceptors (Lipinski definition) is 4. The summed E-state index contributed by atoms with van der Waals surface area (Å²) in [6.45, 7) is 1.76. The monoisotopic (exact) mass is 385 g/mol. The SMILES string of the molecule is CC(NC(=O)N(S)c1cnc(C(=O)O)c2ccccc12)c1ccc(F)cc1. The van der Waals surface area contributed by atoms with Gasteiger partial charge < -0.3 is 10.4 Å². The molecule has 0 aliphatic rings. The van der Waals surface area contributed by atoms with Gasteiger partial charge in [0, 0.05) is 10.8 Å². The number of halogens is 1. The van der Waals surface area contributed by atoms with Gasteiger partial charge >= 0.3 is 12.0 Å². The first-order chi connectivity index (χ1) is 12.9. The lowest BCUT2D eigenvalue weighted by atomic mass is 10.1. The van der Waals surface area contributed by atoms with Crippen LogP contribution in [0, 0.1) is 5.82 Å². The molecule has 2 aromatic carbocycles. The summed E-state index contributed by atoms with van der Waals surface area (Å²) in [4.78, 5) is 27.9. The lowest BCUT2D eigenvalue weighted by molar-refractivity contribution is 0.0693. The number of aromatic carboxylic acids is 1. The first kappa shape index (κ1) is 18.7. The topological polar surface area (TPSA) is 82.5 Å². The molecule has 27 heavy (non-hydrogen) atoms. The molecular weight excluding hydrogens is 369 g/mol. The number of urea groups is 1. The Kier molecular flexibility index (Phi) is 5.27. The maximum Gasteiger partial charge on any atom is 0.355 e. The number of rotatable bonds is 4. The molecule has 3 rings (SSSR count). The van der Waals surface area contributed by atoms with Gasteiger partial charge in [0.05, 0.1) is 17.9 Å².